The highest BCUT2D eigenvalue weighted by Gasteiger charge is 2.26. The van der Waals surface area contributed by atoms with Crippen LogP contribution in [-0.2, 0) is 0 Å². The quantitative estimate of drug-likeness (QED) is 0.668. The van der Waals surface area contributed by atoms with E-state index in [1.807, 2.05) is 0 Å². The van der Waals surface area contributed by atoms with Crippen molar-refractivity contribution in [2.45, 2.75) is 31.5 Å². The maximum Gasteiger partial charge on any atom is 0.0616 e. The molecule has 74 valence electrons. The zero-order valence-corrected chi connectivity index (χ0v) is 10.3. The second-order valence-corrected chi connectivity index (χ2v) is 4.58. The van der Waals surface area contributed by atoms with Gasteiger partial charge in [-0.1, -0.05) is 54.0 Å². The number of allylic oxidation sites excluding steroid dienone is 2. The lowest BCUT2D eigenvalue weighted by molar-refractivity contribution is 1.02. The van der Waals surface area contributed by atoms with Crippen molar-refractivity contribution in [3.8, 4) is 0 Å². The molecular formula is C13H15Br. The summed E-state index contributed by atoms with van der Waals surface area (Å²) < 4.78 is 0. The molecule has 0 spiro atoms. The normalized spacial score (nSPS) is 20.1. The Labute approximate surface area is 94.2 Å². The second kappa shape index (κ2) is 3.90. The fourth-order valence-electron chi connectivity index (χ4n) is 2.32. The molecule has 0 radical (unpaired) electrons. The van der Waals surface area contributed by atoms with Crippen LogP contribution >= 0.6 is 15.9 Å². The van der Waals surface area contributed by atoms with Gasteiger partial charge in [-0.2, -0.15) is 0 Å². The van der Waals surface area contributed by atoms with Crippen LogP contribution in [0.2, 0.25) is 0 Å². The number of halogens is 1. The maximum absolute atomic E-state index is 3.79. The van der Waals surface area contributed by atoms with Crippen LogP contribution < -0.4 is 0 Å². The molecule has 2 rings (SSSR count). The Hall–Kier alpha value is -0.560. The SMILES string of the molecule is CCC1=C(CC)C(Br)c2ccccc21. The van der Waals surface area contributed by atoms with Gasteiger partial charge in [0.25, 0.3) is 0 Å². The van der Waals surface area contributed by atoms with E-state index in [9.17, 15) is 0 Å². The summed E-state index contributed by atoms with van der Waals surface area (Å²) in [5.74, 6) is 0. The molecule has 0 bridgehead atoms. The Morgan fingerprint density at radius 2 is 1.86 bits per heavy atom. The van der Waals surface area contributed by atoms with Crippen LogP contribution in [0.4, 0.5) is 0 Å². The molecule has 1 heteroatoms. The predicted octanol–water partition coefficient (Wildman–Crippen LogP) is 4.71. The first-order chi connectivity index (χ1) is 6.79. The van der Waals surface area contributed by atoms with Crippen molar-refractivity contribution in [3.05, 3.63) is 41.0 Å². The first-order valence-electron chi connectivity index (χ1n) is 5.24. The molecule has 0 saturated heterocycles. The number of fused-ring (bicyclic) bond motifs is 1. The van der Waals surface area contributed by atoms with Crippen LogP contribution in [0.3, 0.4) is 0 Å². The molecule has 1 unspecified atom stereocenters. The summed E-state index contributed by atoms with van der Waals surface area (Å²) in [6.07, 6.45) is 2.29. The molecule has 1 aliphatic carbocycles. The van der Waals surface area contributed by atoms with Gasteiger partial charge in [-0.05, 0) is 35.1 Å². The van der Waals surface area contributed by atoms with Gasteiger partial charge in [0.1, 0.15) is 0 Å². The number of benzene rings is 1. The van der Waals surface area contributed by atoms with E-state index in [-0.39, 0.29) is 0 Å². The number of hydrogen-bond acceptors (Lipinski definition) is 0. The van der Waals surface area contributed by atoms with Gasteiger partial charge in [-0.25, -0.2) is 0 Å². The Bertz CT molecular complexity index is 377. The van der Waals surface area contributed by atoms with Crippen LogP contribution in [0.25, 0.3) is 5.57 Å². The number of hydrogen-bond donors (Lipinski definition) is 0. The van der Waals surface area contributed by atoms with Gasteiger partial charge in [-0.15, -0.1) is 0 Å². The highest BCUT2D eigenvalue weighted by Crippen LogP contribution is 2.47. The van der Waals surface area contributed by atoms with E-state index in [0.29, 0.717) is 4.83 Å². The Morgan fingerprint density at radius 3 is 2.50 bits per heavy atom. The summed E-state index contributed by atoms with van der Waals surface area (Å²) in [5, 5.41) is 0. The third-order valence-corrected chi connectivity index (χ3v) is 4.03. The Balaban J connectivity index is 2.57. The molecule has 0 amide bonds. The fourth-order valence-corrected chi connectivity index (χ4v) is 3.32. The highest BCUT2D eigenvalue weighted by atomic mass is 79.9. The lowest BCUT2D eigenvalue weighted by atomic mass is 10.0. The van der Waals surface area contributed by atoms with Crippen molar-refractivity contribution < 1.29 is 0 Å². The zero-order chi connectivity index (χ0) is 10.1. The van der Waals surface area contributed by atoms with Crippen LogP contribution in [-0.4, -0.2) is 0 Å². The molecule has 14 heavy (non-hydrogen) atoms. The smallest absolute Gasteiger partial charge is 0.0616 e. The van der Waals surface area contributed by atoms with Crippen molar-refractivity contribution in [2.24, 2.45) is 0 Å². The van der Waals surface area contributed by atoms with Gasteiger partial charge >= 0.3 is 0 Å². The monoisotopic (exact) mass is 250 g/mol. The zero-order valence-electron chi connectivity index (χ0n) is 8.68. The van der Waals surface area contributed by atoms with E-state index in [0.717, 1.165) is 12.8 Å². The van der Waals surface area contributed by atoms with E-state index in [2.05, 4.69) is 54.0 Å². The molecule has 0 fully saturated rings. The van der Waals surface area contributed by atoms with Crippen molar-refractivity contribution >= 4 is 21.5 Å². The summed E-state index contributed by atoms with van der Waals surface area (Å²) in [5.41, 5.74) is 6.01. The van der Waals surface area contributed by atoms with E-state index in [4.69, 9.17) is 0 Å². The standard InChI is InChI=1S/C13H15Br/c1-3-9-10(4-2)13(14)12-8-6-5-7-11(9)12/h5-8,13H,3-4H2,1-2H3. The van der Waals surface area contributed by atoms with E-state index < -0.39 is 0 Å². The van der Waals surface area contributed by atoms with Crippen molar-refractivity contribution in [1.82, 2.24) is 0 Å². The fraction of sp³-hybridized carbons (Fsp3) is 0.385. The van der Waals surface area contributed by atoms with Crippen LogP contribution in [0.1, 0.15) is 42.6 Å². The summed E-state index contributed by atoms with van der Waals surface area (Å²) in [6, 6.07) is 8.73. The summed E-state index contributed by atoms with van der Waals surface area (Å²) in [4.78, 5) is 0.457. The molecule has 1 aromatic rings. The van der Waals surface area contributed by atoms with Crippen LogP contribution in [0.15, 0.2) is 29.8 Å². The topological polar surface area (TPSA) is 0 Å². The van der Waals surface area contributed by atoms with Crippen LogP contribution in [0, 0.1) is 0 Å². The highest BCUT2D eigenvalue weighted by molar-refractivity contribution is 9.09. The van der Waals surface area contributed by atoms with Crippen molar-refractivity contribution in [3.63, 3.8) is 0 Å². The van der Waals surface area contributed by atoms with Crippen molar-refractivity contribution in [2.75, 3.05) is 0 Å². The molecule has 0 N–H and O–H groups in total. The van der Waals surface area contributed by atoms with Gasteiger partial charge in [0.05, 0.1) is 4.83 Å². The largest absolute Gasteiger partial charge is 0.0790 e. The molecular weight excluding hydrogens is 236 g/mol. The Morgan fingerprint density at radius 1 is 1.14 bits per heavy atom. The predicted molar refractivity (Wildman–Crippen MR) is 65.6 cm³/mol. The second-order valence-electron chi connectivity index (χ2n) is 3.66. The van der Waals surface area contributed by atoms with Gasteiger partial charge in [0.15, 0.2) is 0 Å². The van der Waals surface area contributed by atoms with Crippen LogP contribution in [0.5, 0.6) is 0 Å². The molecule has 1 aliphatic rings. The molecule has 1 aromatic carbocycles. The van der Waals surface area contributed by atoms with E-state index in [1.165, 1.54) is 11.1 Å². The van der Waals surface area contributed by atoms with Gasteiger partial charge in [0, 0.05) is 0 Å². The minimum atomic E-state index is 0.457. The minimum absolute atomic E-state index is 0.457. The van der Waals surface area contributed by atoms with Crippen molar-refractivity contribution in [1.29, 1.82) is 0 Å². The minimum Gasteiger partial charge on any atom is -0.0790 e. The lowest BCUT2D eigenvalue weighted by Crippen LogP contribution is -1.87. The molecule has 0 nitrogen and oxygen atoms in total. The third kappa shape index (κ3) is 1.35. The van der Waals surface area contributed by atoms with E-state index >= 15 is 0 Å². The lowest BCUT2D eigenvalue weighted by Gasteiger charge is -2.06. The summed E-state index contributed by atoms with van der Waals surface area (Å²) >= 11 is 3.79. The average Bonchev–Trinajstić information content (AvgIpc) is 2.51. The van der Waals surface area contributed by atoms with Gasteiger partial charge in [0.2, 0.25) is 0 Å². The number of alkyl halides is 1. The molecule has 0 saturated carbocycles. The Kier molecular flexibility index (Phi) is 2.78. The van der Waals surface area contributed by atoms with E-state index in [1.54, 1.807) is 11.1 Å². The number of rotatable bonds is 2. The molecule has 1 atom stereocenters. The third-order valence-electron chi connectivity index (χ3n) is 2.99. The first-order valence-corrected chi connectivity index (χ1v) is 6.16. The summed E-state index contributed by atoms with van der Waals surface area (Å²) in [6.45, 7) is 4.48. The molecule has 0 aromatic heterocycles. The van der Waals surface area contributed by atoms with Gasteiger partial charge < -0.3 is 0 Å². The van der Waals surface area contributed by atoms with Gasteiger partial charge in [-0.3, -0.25) is 0 Å². The summed E-state index contributed by atoms with van der Waals surface area (Å²) in [7, 11) is 0. The maximum atomic E-state index is 3.79. The average molecular weight is 251 g/mol. The molecule has 0 heterocycles. The first kappa shape index (κ1) is 9.97. The molecule has 0 aliphatic heterocycles.